The van der Waals surface area contributed by atoms with Crippen molar-refractivity contribution < 1.29 is 9.72 Å². The highest BCUT2D eigenvalue weighted by atomic mass is 16.6. The number of hydrogen-bond acceptors (Lipinski definition) is 4. The van der Waals surface area contributed by atoms with Gasteiger partial charge in [0.15, 0.2) is 0 Å². The lowest BCUT2D eigenvalue weighted by atomic mass is 9.98. The first-order valence-corrected chi connectivity index (χ1v) is 11.0. The third-order valence-electron chi connectivity index (χ3n) is 6.06. The fraction of sp³-hybridized carbons (Fsp3) is 0.269. The summed E-state index contributed by atoms with van der Waals surface area (Å²) in [6.45, 7) is 3.79. The Morgan fingerprint density at radius 1 is 1.03 bits per heavy atom. The first-order chi connectivity index (χ1) is 15.5. The van der Waals surface area contributed by atoms with Gasteiger partial charge in [-0.1, -0.05) is 55.5 Å². The van der Waals surface area contributed by atoms with Gasteiger partial charge in [0.2, 0.25) is 0 Å². The Morgan fingerprint density at radius 3 is 2.44 bits per heavy atom. The average molecular weight is 430 g/mol. The van der Waals surface area contributed by atoms with Crippen LogP contribution in [0, 0.1) is 16.0 Å². The van der Waals surface area contributed by atoms with Gasteiger partial charge in [0.25, 0.3) is 11.6 Å². The van der Waals surface area contributed by atoms with Crippen LogP contribution in [0.2, 0.25) is 0 Å². The smallest absolute Gasteiger partial charge is 0.293 e. The Balaban J connectivity index is 1.55. The zero-order valence-corrected chi connectivity index (χ0v) is 18.2. The molecule has 6 nitrogen and oxygen atoms in total. The van der Waals surface area contributed by atoms with Crippen LogP contribution < -0.4 is 10.2 Å². The van der Waals surface area contributed by atoms with Gasteiger partial charge in [0.1, 0.15) is 5.69 Å². The molecule has 32 heavy (non-hydrogen) atoms. The molecule has 0 spiro atoms. The van der Waals surface area contributed by atoms with Crippen LogP contribution >= 0.6 is 0 Å². The summed E-state index contributed by atoms with van der Waals surface area (Å²) in [6.07, 6.45) is 2.71. The molecule has 1 heterocycles. The molecule has 1 aliphatic heterocycles. The van der Waals surface area contributed by atoms with Gasteiger partial charge in [0.05, 0.1) is 4.92 Å². The predicted octanol–water partition coefficient (Wildman–Crippen LogP) is 5.67. The van der Waals surface area contributed by atoms with Crippen LogP contribution in [0.3, 0.4) is 0 Å². The molecule has 0 aromatic heterocycles. The van der Waals surface area contributed by atoms with Gasteiger partial charge in [-0.15, -0.1) is 0 Å². The van der Waals surface area contributed by atoms with E-state index in [2.05, 4.69) is 17.1 Å². The van der Waals surface area contributed by atoms with E-state index in [1.165, 1.54) is 6.07 Å². The second-order valence-electron chi connectivity index (χ2n) is 8.40. The maximum absolute atomic E-state index is 13.0. The van der Waals surface area contributed by atoms with Gasteiger partial charge < -0.3 is 10.2 Å². The molecule has 1 fully saturated rings. The van der Waals surface area contributed by atoms with Crippen molar-refractivity contribution in [3.63, 3.8) is 0 Å². The van der Waals surface area contributed by atoms with E-state index in [0.29, 0.717) is 23.7 Å². The molecule has 0 bridgehead atoms. The van der Waals surface area contributed by atoms with Crippen molar-refractivity contribution in [2.24, 2.45) is 5.92 Å². The second-order valence-corrected chi connectivity index (χ2v) is 8.40. The van der Waals surface area contributed by atoms with Crippen LogP contribution in [0.5, 0.6) is 0 Å². The number of nitro groups is 1. The minimum absolute atomic E-state index is 0.0234. The molecule has 0 saturated carbocycles. The Bertz CT molecular complexity index is 1110. The molecule has 1 N–H and O–H groups in total. The molecule has 3 aromatic carbocycles. The third kappa shape index (κ3) is 4.97. The Hall–Kier alpha value is -3.67. The minimum Gasteiger partial charge on any atom is -0.366 e. The number of nitrogens with zero attached hydrogens (tertiary/aromatic N) is 2. The average Bonchev–Trinajstić information content (AvgIpc) is 2.81. The van der Waals surface area contributed by atoms with E-state index in [0.717, 1.165) is 37.1 Å². The summed E-state index contributed by atoms with van der Waals surface area (Å²) in [4.78, 5) is 26.4. The standard InChI is InChI=1S/C26H27N3O3/c1-19-13-15-28(16-14-19)24-12-11-22(18-25(24)29(31)32)26(30)27-23-10-6-5-9-21(23)17-20-7-3-2-4-8-20/h2-12,18-19H,13-17H2,1H3,(H,27,30). The quantitative estimate of drug-likeness (QED) is 0.404. The van der Waals surface area contributed by atoms with E-state index in [1.54, 1.807) is 12.1 Å². The van der Waals surface area contributed by atoms with E-state index in [1.807, 2.05) is 54.6 Å². The maximum atomic E-state index is 13.0. The molecule has 0 atom stereocenters. The highest BCUT2D eigenvalue weighted by Crippen LogP contribution is 2.32. The van der Waals surface area contributed by atoms with Crippen molar-refractivity contribution in [1.29, 1.82) is 0 Å². The lowest BCUT2D eigenvalue weighted by molar-refractivity contribution is -0.384. The number of para-hydroxylation sites is 1. The van der Waals surface area contributed by atoms with Crippen LogP contribution in [0.1, 0.15) is 41.3 Å². The topological polar surface area (TPSA) is 75.5 Å². The molecular weight excluding hydrogens is 402 g/mol. The molecule has 0 radical (unpaired) electrons. The van der Waals surface area contributed by atoms with Gasteiger partial charge in [-0.3, -0.25) is 14.9 Å². The molecular formula is C26H27N3O3. The van der Waals surface area contributed by atoms with Crippen molar-refractivity contribution in [1.82, 2.24) is 0 Å². The summed E-state index contributed by atoms with van der Waals surface area (Å²) >= 11 is 0. The lowest BCUT2D eigenvalue weighted by Gasteiger charge is -2.31. The van der Waals surface area contributed by atoms with Crippen LogP contribution in [0.25, 0.3) is 0 Å². The number of carbonyl (C=O) groups excluding carboxylic acids is 1. The van der Waals surface area contributed by atoms with Gasteiger partial charge >= 0.3 is 0 Å². The summed E-state index contributed by atoms with van der Waals surface area (Å²) in [5.74, 6) is 0.277. The number of hydrogen-bond donors (Lipinski definition) is 1. The number of anilines is 2. The summed E-state index contributed by atoms with van der Waals surface area (Å²) in [5, 5.41) is 14.7. The first kappa shape index (κ1) is 21.6. The number of carbonyl (C=O) groups is 1. The van der Waals surface area contributed by atoms with Gasteiger partial charge in [0, 0.05) is 30.4 Å². The molecule has 3 aromatic rings. The third-order valence-corrected chi connectivity index (χ3v) is 6.06. The highest BCUT2D eigenvalue weighted by Gasteiger charge is 2.25. The maximum Gasteiger partial charge on any atom is 0.293 e. The molecule has 164 valence electrons. The summed E-state index contributed by atoms with van der Waals surface area (Å²) in [7, 11) is 0. The summed E-state index contributed by atoms with van der Waals surface area (Å²) in [6, 6.07) is 22.4. The van der Waals surface area contributed by atoms with E-state index in [-0.39, 0.29) is 17.2 Å². The Labute approximate surface area is 188 Å². The largest absolute Gasteiger partial charge is 0.366 e. The minimum atomic E-state index is -0.395. The molecule has 6 heteroatoms. The zero-order chi connectivity index (χ0) is 22.5. The number of rotatable bonds is 6. The molecule has 1 saturated heterocycles. The van der Waals surface area contributed by atoms with E-state index in [4.69, 9.17) is 0 Å². The van der Waals surface area contributed by atoms with Crippen molar-refractivity contribution >= 4 is 23.0 Å². The van der Waals surface area contributed by atoms with E-state index >= 15 is 0 Å². The van der Waals surface area contributed by atoms with Crippen molar-refractivity contribution in [2.75, 3.05) is 23.3 Å². The zero-order valence-electron chi connectivity index (χ0n) is 18.2. The molecule has 0 aliphatic carbocycles. The van der Waals surface area contributed by atoms with E-state index in [9.17, 15) is 14.9 Å². The Morgan fingerprint density at radius 2 is 1.72 bits per heavy atom. The number of piperidine rings is 1. The monoisotopic (exact) mass is 429 g/mol. The van der Waals surface area contributed by atoms with Crippen LogP contribution in [-0.4, -0.2) is 23.9 Å². The number of benzene rings is 3. The van der Waals surface area contributed by atoms with Gasteiger partial charge in [-0.25, -0.2) is 0 Å². The predicted molar refractivity (Wildman–Crippen MR) is 127 cm³/mol. The first-order valence-electron chi connectivity index (χ1n) is 11.0. The van der Waals surface area contributed by atoms with Crippen molar-refractivity contribution in [2.45, 2.75) is 26.2 Å². The Kier molecular flexibility index (Phi) is 6.50. The highest BCUT2D eigenvalue weighted by molar-refractivity contribution is 6.05. The molecule has 4 rings (SSSR count). The van der Waals surface area contributed by atoms with Crippen molar-refractivity contribution in [3.8, 4) is 0 Å². The van der Waals surface area contributed by atoms with Crippen molar-refractivity contribution in [3.05, 3.63) is 99.6 Å². The van der Waals surface area contributed by atoms with Crippen LogP contribution in [0.15, 0.2) is 72.8 Å². The van der Waals surface area contributed by atoms with Gasteiger partial charge in [-0.2, -0.15) is 0 Å². The summed E-state index contributed by atoms with van der Waals surface area (Å²) < 4.78 is 0. The summed E-state index contributed by atoms with van der Waals surface area (Å²) in [5.41, 5.74) is 3.68. The van der Waals surface area contributed by atoms with Gasteiger partial charge in [-0.05, 0) is 54.5 Å². The van der Waals surface area contributed by atoms with E-state index < -0.39 is 4.92 Å². The fourth-order valence-electron chi connectivity index (χ4n) is 4.13. The normalized spacial score (nSPS) is 14.2. The second kappa shape index (κ2) is 9.64. The number of nitrogens with one attached hydrogen (secondary N) is 1. The fourth-order valence-corrected chi connectivity index (χ4v) is 4.13. The SMILES string of the molecule is CC1CCN(c2ccc(C(=O)Nc3ccccc3Cc3ccccc3)cc2[N+](=O)[O-])CC1. The lowest BCUT2D eigenvalue weighted by Crippen LogP contribution is -2.33. The molecule has 1 amide bonds. The van der Waals surface area contributed by atoms with Crippen LogP contribution in [0.4, 0.5) is 17.1 Å². The number of nitro benzene ring substituents is 1. The number of amides is 1. The molecule has 1 aliphatic rings. The van der Waals surface area contributed by atoms with Crippen LogP contribution in [-0.2, 0) is 6.42 Å². The molecule has 0 unspecified atom stereocenters.